The molecular formula is C13H22. The molecule has 1 rings (SSSR count). The molecule has 0 nitrogen and oxygen atoms in total. The average Bonchev–Trinajstić information content (AvgIpc) is 2.22. The van der Waals surface area contributed by atoms with Crippen molar-refractivity contribution in [2.45, 2.75) is 33.6 Å². The molecule has 0 amide bonds. The van der Waals surface area contributed by atoms with E-state index in [1.807, 2.05) is 18.2 Å². The third kappa shape index (κ3) is 13.9. The molecule has 0 saturated carbocycles. The summed E-state index contributed by atoms with van der Waals surface area (Å²) in [6.07, 6.45) is 2.64. The van der Waals surface area contributed by atoms with Crippen LogP contribution in [-0.2, 0) is 0 Å². The van der Waals surface area contributed by atoms with E-state index in [0.29, 0.717) is 0 Å². The first-order valence-corrected chi connectivity index (χ1v) is 4.82. The van der Waals surface area contributed by atoms with Crippen LogP contribution in [0.2, 0.25) is 0 Å². The second kappa shape index (κ2) is 13.5. The molecular weight excluding hydrogens is 156 g/mol. The van der Waals surface area contributed by atoms with Crippen LogP contribution < -0.4 is 0 Å². The van der Waals surface area contributed by atoms with E-state index < -0.39 is 0 Å². The lowest BCUT2D eigenvalue weighted by atomic mass is 10.2. The van der Waals surface area contributed by atoms with E-state index >= 15 is 0 Å². The van der Waals surface area contributed by atoms with Gasteiger partial charge in [0.2, 0.25) is 0 Å². The number of aryl methyl sites for hydroxylation is 1. The van der Waals surface area contributed by atoms with Gasteiger partial charge in [-0.1, -0.05) is 62.6 Å². The number of unbranched alkanes of at least 4 members (excludes halogenated alkanes) is 1. The minimum Gasteiger partial charge on any atom is -0.106 e. The van der Waals surface area contributed by atoms with Crippen LogP contribution in [0.25, 0.3) is 0 Å². The maximum absolute atomic E-state index is 3.00. The van der Waals surface area contributed by atoms with Crippen LogP contribution in [0.3, 0.4) is 0 Å². The molecule has 0 atom stereocenters. The van der Waals surface area contributed by atoms with Crippen molar-refractivity contribution >= 4 is 0 Å². The minimum atomic E-state index is 1.32. The Morgan fingerprint density at radius 3 is 1.46 bits per heavy atom. The van der Waals surface area contributed by atoms with Crippen molar-refractivity contribution in [3.63, 3.8) is 0 Å². The van der Waals surface area contributed by atoms with Crippen LogP contribution in [0.15, 0.2) is 43.5 Å². The highest BCUT2D eigenvalue weighted by atomic mass is 13.8. The summed E-state index contributed by atoms with van der Waals surface area (Å²) in [6, 6.07) is 10.3. The molecule has 1 aromatic carbocycles. The van der Waals surface area contributed by atoms with Crippen molar-refractivity contribution in [2.75, 3.05) is 0 Å². The van der Waals surface area contributed by atoms with E-state index in [1.165, 1.54) is 18.4 Å². The molecule has 0 unspecified atom stereocenters. The molecule has 0 aliphatic carbocycles. The molecule has 0 bridgehead atoms. The first kappa shape index (κ1) is 14.5. The maximum Gasteiger partial charge on any atom is -0.0398 e. The SMILES string of the molecule is C=C.CCCC.Cc1ccccc1. The molecule has 0 spiro atoms. The Bertz CT molecular complexity index is 163. The van der Waals surface area contributed by atoms with Crippen LogP contribution in [0, 0.1) is 6.92 Å². The summed E-state index contributed by atoms with van der Waals surface area (Å²) in [5.41, 5.74) is 1.32. The molecule has 13 heavy (non-hydrogen) atoms. The Morgan fingerprint density at radius 1 is 0.923 bits per heavy atom. The van der Waals surface area contributed by atoms with Gasteiger partial charge >= 0.3 is 0 Å². The van der Waals surface area contributed by atoms with Crippen LogP contribution in [-0.4, -0.2) is 0 Å². The number of benzene rings is 1. The minimum absolute atomic E-state index is 1.32. The van der Waals surface area contributed by atoms with Gasteiger partial charge in [0, 0.05) is 0 Å². The van der Waals surface area contributed by atoms with Crippen molar-refractivity contribution in [3.05, 3.63) is 49.1 Å². The first-order chi connectivity index (χ1) is 6.31. The third-order valence-electron chi connectivity index (χ3n) is 1.44. The molecule has 0 radical (unpaired) electrons. The van der Waals surface area contributed by atoms with E-state index in [4.69, 9.17) is 0 Å². The monoisotopic (exact) mass is 178 g/mol. The molecule has 74 valence electrons. The smallest absolute Gasteiger partial charge is 0.0398 e. The van der Waals surface area contributed by atoms with Gasteiger partial charge in [0.1, 0.15) is 0 Å². The van der Waals surface area contributed by atoms with Gasteiger partial charge in [0.15, 0.2) is 0 Å². The highest BCUT2D eigenvalue weighted by molar-refractivity contribution is 5.11. The normalized spacial score (nSPS) is 7.31. The van der Waals surface area contributed by atoms with Crippen molar-refractivity contribution in [2.24, 2.45) is 0 Å². The van der Waals surface area contributed by atoms with Crippen LogP contribution in [0.1, 0.15) is 32.3 Å². The van der Waals surface area contributed by atoms with E-state index in [2.05, 4.69) is 46.1 Å². The number of hydrogen-bond acceptors (Lipinski definition) is 0. The molecule has 0 aliphatic rings. The summed E-state index contributed by atoms with van der Waals surface area (Å²) in [5, 5.41) is 0. The molecule has 0 heterocycles. The lowest BCUT2D eigenvalue weighted by Gasteiger charge is -1.82. The van der Waals surface area contributed by atoms with Crippen molar-refractivity contribution < 1.29 is 0 Å². The lowest BCUT2D eigenvalue weighted by Crippen LogP contribution is -1.62. The zero-order valence-electron chi connectivity index (χ0n) is 9.22. The van der Waals surface area contributed by atoms with Gasteiger partial charge in [-0.2, -0.15) is 0 Å². The summed E-state index contributed by atoms with van der Waals surface area (Å²) in [4.78, 5) is 0. The summed E-state index contributed by atoms with van der Waals surface area (Å²) in [6.45, 7) is 12.4. The van der Waals surface area contributed by atoms with E-state index in [1.54, 1.807) is 0 Å². The van der Waals surface area contributed by atoms with Gasteiger partial charge in [-0.3, -0.25) is 0 Å². The lowest BCUT2D eigenvalue weighted by molar-refractivity contribution is 0.886. The molecule has 0 aromatic heterocycles. The quantitative estimate of drug-likeness (QED) is 0.551. The van der Waals surface area contributed by atoms with Gasteiger partial charge < -0.3 is 0 Å². The molecule has 0 saturated heterocycles. The zero-order chi connectivity index (χ0) is 10.5. The fourth-order valence-corrected chi connectivity index (χ4v) is 0.534. The Hall–Kier alpha value is -1.04. The second-order valence-corrected chi connectivity index (χ2v) is 2.65. The standard InChI is InChI=1S/C7H8.C4H10.C2H4/c1-7-5-3-2-4-6-7;1-3-4-2;1-2/h2-6H,1H3;3-4H2,1-2H3;1-2H2. The summed E-state index contributed by atoms with van der Waals surface area (Å²) in [7, 11) is 0. The first-order valence-electron chi connectivity index (χ1n) is 4.82. The highest BCUT2D eigenvalue weighted by Crippen LogP contribution is 1.92. The Labute approximate surface area is 83.3 Å². The van der Waals surface area contributed by atoms with Gasteiger partial charge in [0.05, 0.1) is 0 Å². The Morgan fingerprint density at radius 2 is 1.31 bits per heavy atom. The second-order valence-electron chi connectivity index (χ2n) is 2.65. The number of rotatable bonds is 1. The van der Waals surface area contributed by atoms with Gasteiger partial charge in [0.25, 0.3) is 0 Å². The predicted molar refractivity (Wildman–Crippen MR) is 63.0 cm³/mol. The van der Waals surface area contributed by atoms with Crippen molar-refractivity contribution in [1.29, 1.82) is 0 Å². The fraction of sp³-hybridized carbons (Fsp3) is 0.385. The molecule has 0 fully saturated rings. The molecule has 0 aliphatic heterocycles. The van der Waals surface area contributed by atoms with Crippen LogP contribution in [0.5, 0.6) is 0 Å². The topological polar surface area (TPSA) is 0 Å². The summed E-state index contributed by atoms with van der Waals surface area (Å²) >= 11 is 0. The van der Waals surface area contributed by atoms with E-state index in [0.717, 1.165) is 0 Å². The number of hydrogen-bond donors (Lipinski definition) is 0. The van der Waals surface area contributed by atoms with Crippen LogP contribution in [0.4, 0.5) is 0 Å². The van der Waals surface area contributed by atoms with E-state index in [9.17, 15) is 0 Å². The summed E-state index contributed by atoms with van der Waals surface area (Å²) < 4.78 is 0. The zero-order valence-corrected chi connectivity index (χ0v) is 9.22. The van der Waals surface area contributed by atoms with Gasteiger partial charge in [-0.25, -0.2) is 0 Å². The molecule has 1 aromatic rings. The van der Waals surface area contributed by atoms with Gasteiger partial charge in [-0.05, 0) is 6.92 Å². The summed E-state index contributed by atoms with van der Waals surface area (Å²) in [5.74, 6) is 0. The van der Waals surface area contributed by atoms with Crippen LogP contribution >= 0.6 is 0 Å². The third-order valence-corrected chi connectivity index (χ3v) is 1.44. The van der Waals surface area contributed by atoms with Crippen molar-refractivity contribution in [3.8, 4) is 0 Å². The Balaban J connectivity index is 0. The molecule has 0 heteroatoms. The Kier molecular flexibility index (Phi) is 15.1. The average molecular weight is 178 g/mol. The maximum atomic E-state index is 3.00. The van der Waals surface area contributed by atoms with Crippen molar-refractivity contribution in [1.82, 2.24) is 0 Å². The predicted octanol–water partition coefficient (Wildman–Crippen LogP) is 4.60. The highest BCUT2D eigenvalue weighted by Gasteiger charge is 1.72. The fourth-order valence-electron chi connectivity index (χ4n) is 0.534. The van der Waals surface area contributed by atoms with E-state index in [-0.39, 0.29) is 0 Å². The molecule has 0 N–H and O–H groups in total. The largest absolute Gasteiger partial charge is 0.106 e. The van der Waals surface area contributed by atoms with Gasteiger partial charge in [-0.15, -0.1) is 13.2 Å².